The first-order chi connectivity index (χ1) is 8.90. The van der Waals surface area contributed by atoms with E-state index in [2.05, 4.69) is 45.2 Å². The van der Waals surface area contributed by atoms with Crippen molar-refractivity contribution in [3.63, 3.8) is 0 Å². The second-order valence-corrected chi connectivity index (χ2v) is 6.21. The maximum Gasteiger partial charge on any atom is 0.264 e. The third-order valence-corrected chi connectivity index (χ3v) is 3.90. The lowest BCUT2D eigenvalue weighted by Gasteiger charge is -2.10. The lowest BCUT2D eigenvalue weighted by Crippen LogP contribution is -2.22. The maximum absolute atomic E-state index is 11.8. The molecule has 0 saturated carbocycles. The number of carbonyl (C=O) groups excluding carboxylic acids is 1. The van der Waals surface area contributed by atoms with Crippen LogP contribution in [0.15, 0.2) is 17.7 Å². The molecule has 100 valence electrons. The summed E-state index contributed by atoms with van der Waals surface area (Å²) in [6, 6.07) is 5.69. The Hall–Kier alpha value is -0.820. The fraction of sp³-hybridized carbons (Fsp3) is 0.231. The predicted octanol–water partition coefficient (Wildman–Crippen LogP) is 2.90. The van der Waals surface area contributed by atoms with Crippen molar-refractivity contribution in [1.82, 2.24) is 4.90 Å². The molecule has 1 aromatic rings. The number of halogens is 2. The lowest BCUT2D eigenvalue weighted by atomic mass is 10.1. The zero-order valence-corrected chi connectivity index (χ0v) is 15.0. The van der Waals surface area contributed by atoms with Crippen LogP contribution in [0.3, 0.4) is 0 Å². The molecule has 1 amide bonds. The van der Waals surface area contributed by atoms with Crippen LogP contribution in [-0.4, -0.2) is 32.0 Å². The van der Waals surface area contributed by atoms with Crippen LogP contribution >= 0.6 is 45.2 Å². The summed E-state index contributed by atoms with van der Waals surface area (Å²) in [6.45, 7) is 0. The number of methoxy groups -OCH3 is 1. The highest BCUT2D eigenvalue weighted by atomic mass is 127. The number of nitrogens with zero attached hydrogens (tertiary/aromatic N) is 2. The van der Waals surface area contributed by atoms with Crippen molar-refractivity contribution in [1.29, 1.82) is 5.26 Å². The van der Waals surface area contributed by atoms with E-state index in [0.29, 0.717) is 0 Å². The largest absolute Gasteiger partial charge is 0.495 e. The van der Waals surface area contributed by atoms with Crippen LogP contribution in [0.1, 0.15) is 5.56 Å². The summed E-state index contributed by atoms with van der Waals surface area (Å²) in [5.41, 5.74) is 0.920. The van der Waals surface area contributed by atoms with E-state index in [1.807, 2.05) is 18.2 Å². The van der Waals surface area contributed by atoms with Gasteiger partial charge >= 0.3 is 0 Å². The van der Waals surface area contributed by atoms with Gasteiger partial charge in [0, 0.05) is 14.1 Å². The quantitative estimate of drug-likeness (QED) is 0.379. The molecule has 6 heteroatoms. The first-order valence-corrected chi connectivity index (χ1v) is 7.43. The minimum atomic E-state index is -0.302. The molecule has 0 aliphatic rings. The molecule has 1 rings (SSSR count). The van der Waals surface area contributed by atoms with E-state index in [-0.39, 0.29) is 11.5 Å². The Bertz CT molecular complexity index is 551. The van der Waals surface area contributed by atoms with Crippen molar-refractivity contribution in [2.45, 2.75) is 0 Å². The van der Waals surface area contributed by atoms with Crippen LogP contribution in [-0.2, 0) is 4.79 Å². The van der Waals surface area contributed by atoms with Gasteiger partial charge in [-0.3, -0.25) is 4.79 Å². The second kappa shape index (κ2) is 7.09. The first-order valence-electron chi connectivity index (χ1n) is 5.27. The van der Waals surface area contributed by atoms with Gasteiger partial charge in [0.25, 0.3) is 5.91 Å². The molecule has 0 unspecified atom stereocenters. The van der Waals surface area contributed by atoms with Crippen LogP contribution in [0.2, 0.25) is 0 Å². The third-order valence-electron chi connectivity index (χ3n) is 2.29. The van der Waals surface area contributed by atoms with E-state index in [9.17, 15) is 4.79 Å². The van der Waals surface area contributed by atoms with Crippen molar-refractivity contribution in [2.75, 3.05) is 21.2 Å². The van der Waals surface area contributed by atoms with Gasteiger partial charge in [-0.05, 0) is 69.0 Å². The maximum atomic E-state index is 11.8. The van der Waals surface area contributed by atoms with Crippen molar-refractivity contribution in [3.05, 3.63) is 30.4 Å². The molecule has 0 aromatic heterocycles. The predicted molar refractivity (Wildman–Crippen MR) is 90.7 cm³/mol. The van der Waals surface area contributed by atoms with Gasteiger partial charge in [-0.2, -0.15) is 5.26 Å². The molecule has 0 aliphatic carbocycles. The fourth-order valence-corrected chi connectivity index (χ4v) is 3.66. The number of likely N-dealkylation sites (N-methyl/N-ethyl adjacent to an activating group) is 1. The van der Waals surface area contributed by atoms with Gasteiger partial charge < -0.3 is 9.64 Å². The smallest absolute Gasteiger partial charge is 0.264 e. The molecular weight excluding hydrogens is 470 g/mol. The molecule has 19 heavy (non-hydrogen) atoms. The Morgan fingerprint density at radius 1 is 1.37 bits per heavy atom. The summed E-state index contributed by atoms with van der Waals surface area (Å²) in [5.74, 6) is 0.499. The fourth-order valence-electron chi connectivity index (χ4n) is 1.41. The SMILES string of the molecule is COc1c(I)cc(/C=C(/C#N)C(=O)N(C)C)cc1I. The summed E-state index contributed by atoms with van der Waals surface area (Å²) in [6.07, 6.45) is 1.59. The second-order valence-electron chi connectivity index (χ2n) is 3.89. The lowest BCUT2D eigenvalue weighted by molar-refractivity contribution is -0.124. The number of rotatable bonds is 3. The van der Waals surface area contributed by atoms with Crippen molar-refractivity contribution < 1.29 is 9.53 Å². The highest BCUT2D eigenvalue weighted by molar-refractivity contribution is 14.1. The summed E-state index contributed by atoms with van der Waals surface area (Å²) < 4.78 is 7.15. The molecule has 0 saturated heterocycles. The summed E-state index contributed by atoms with van der Waals surface area (Å²) in [4.78, 5) is 13.2. The molecule has 0 heterocycles. The van der Waals surface area contributed by atoms with Gasteiger partial charge in [0.2, 0.25) is 0 Å². The molecule has 0 aliphatic heterocycles. The molecule has 1 aromatic carbocycles. The minimum Gasteiger partial charge on any atom is -0.495 e. The number of nitriles is 1. The average Bonchev–Trinajstić information content (AvgIpc) is 2.34. The molecule has 0 spiro atoms. The van der Waals surface area contributed by atoms with E-state index < -0.39 is 0 Å². The van der Waals surface area contributed by atoms with E-state index in [1.54, 1.807) is 27.3 Å². The molecular formula is C13H12I2N2O2. The van der Waals surface area contributed by atoms with E-state index >= 15 is 0 Å². The number of hydrogen-bond acceptors (Lipinski definition) is 3. The highest BCUT2D eigenvalue weighted by Gasteiger charge is 2.12. The molecule has 0 radical (unpaired) electrons. The van der Waals surface area contributed by atoms with Crippen molar-refractivity contribution in [2.24, 2.45) is 0 Å². The molecule has 0 N–H and O–H groups in total. The zero-order valence-electron chi connectivity index (χ0n) is 10.7. The standard InChI is InChI=1S/C13H12I2N2O2/c1-17(2)13(18)9(7-16)4-8-5-10(14)12(19-3)11(15)6-8/h4-6H,1-3H3/b9-4-. The van der Waals surface area contributed by atoms with Crippen molar-refractivity contribution >= 4 is 57.2 Å². The number of amides is 1. The van der Waals surface area contributed by atoms with Gasteiger partial charge in [0.05, 0.1) is 14.3 Å². The van der Waals surface area contributed by atoms with Crippen LogP contribution in [0.25, 0.3) is 6.08 Å². The van der Waals surface area contributed by atoms with E-state index in [4.69, 9.17) is 10.00 Å². The molecule has 4 nitrogen and oxygen atoms in total. The van der Waals surface area contributed by atoms with Crippen LogP contribution in [0, 0.1) is 18.5 Å². The zero-order chi connectivity index (χ0) is 14.6. The topological polar surface area (TPSA) is 53.3 Å². The van der Waals surface area contributed by atoms with Gasteiger partial charge in [-0.25, -0.2) is 0 Å². The van der Waals surface area contributed by atoms with Crippen LogP contribution in [0.5, 0.6) is 5.75 Å². The molecule has 0 fully saturated rings. The number of ether oxygens (including phenoxy) is 1. The first kappa shape index (κ1) is 16.2. The van der Waals surface area contributed by atoms with E-state index in [1.165, 1.54) is 4.90 Å². The Balaban J connectivity index is 3.25. The van der Waals surface area contributed by atoms with E-state index in [0.717, 1.165) is 18.5 Å². The van der Waals surface area contributed by atoms with Crippen molar-refractivity contribution in [3.8, 4) is 11.8 Å². The number of hydrogen-bond donors (Lipinski definition) is 0. The Kier molecular flexibility index (Phi) is 6.06. The number of benzene rings is 1. The van der Waals surface area contributed by atoms with Crippen LogP contribution < -0.4 is 4.74 Å². The summed E-state index contributed by atoms with van der Waals surface area (Å²) >= 11 is 4.33. The van der Waals surface area contributed by atoms with Gasteiger partial charge in [0.1, 0.15) is 17.4 Å². The van der Waals surface area contributed by atoms with Gasteiger partial charge in [-0.1, -0.05) is 0 Å². The third kappa shape index (κ3) is 4.07. The summed E-state index contributed by atoms with van der Waals surface area (Å²) in [7, 11) is 4.86. The Morgan fingerprint density at radius 2 is 1.89 bits per heavy atom. The normalized spacial score (nSPS) is 10.8. The highest BCUT2D eigenvalue weighted by Crippen LogP contribution is 2.29. The monoisotopic (exact) mass is 482 g/mol. The number of carbonyl (C=O) groups is 1. The molecule has 0 atom stereocenters. The molecule has 0 bridgehead atoms. The van der Waals surface area contributed by atoms with Crippen LogP contribution in [0.4, 0.5) is 0 Å². The van der Waals surface area contributed by atoms with Gasteiger partial charge in [-0.15, -0.1) is 0 Å². The summed E-state index contributed by atoms with van der Waals surface area (Å²) in [5, 5.41) is 9.05. The minimum absolute atomic E-state index is 0.113. The Morgan fingerprint density at radius 3 is 2.26 bits per heavy atom. The van der Waals surface area contributed by atoms with Gasteiger partial charge in [0.15, 0.2) is 0 Å². The average molecular weight is 482 g/mol. The Labute approximate surface area is 139 Å².